The van der Waals surface area contributed by atoms with Crippen molar-refractivity contribution in [2.75, 3.05) is 13.1 Å². The normalized spacial score (nSPS) is 23.1. The predicted molar refractivity (Wildman–Crippen MR) is 73.8 cm³/mol. The lowest BCUT2D eigenvalue weighted by molar-refractivity contribution is -0.139. The van der Waals surface area contributed by atoms with Gasteiger partial charge >= 0.3 is 5.76 Å². The minimum absolute atomic E-state index is 0.0632. The Kier molecular flexibility index (Phi) is 4.10. The van der Waals surface area contributed by atoms with Crippen LogP contribution in [0, 0.1) is 6.92 Å². The number of likely N-dealkylation sites (tertiary alicyclic amines) is 1. The number of hydrogen-bond acceptors (Lipinski definition) is 5. The third-order valence-corrected chi connectivity index (χ3v) is 4.16. The van der Waals surface area contributed by atoms with Crippen LogP contribution in [0.4, 0.5) is 0 Å². The Morgan fingerprint density at radius 1 is 1.33 bits per heavy atom. The van der Waals surface area contributed by atoms with E-state index in [2.05, 4.69) is 5.10 Å². The zero-order valence-corrected chi connectivity index (χ0v) is 12.3. The van der Waals surface area contributed by atoms with E-state index in [4.69, 9.17) is 9.15 Å². The molecule has 0 aromatic carbocycles. The van der Waals surface area contributed by atoms with Gasteiger partial charge in [-0.05, 0) is 32.1 Å². The molecule has 0 spiro atoms. The van der Waals surface area contributed by atoms with Crippen molar-refractivity contribution < 1.29 is 13.9 Å². The third kappa shape index (κ3) is 3.34. The van der Waals surface area contributed by atoms with Crippen molar-refractivity contribution in [3.8, 4) is 0 Å². The highest BCUT2D eigenvalue weighted by Gasteiger charge is 2.28. The number of aromatic nitrogens is 2. The molecule has 1 amide bonds. The quantitative estimate of drug-likeness (QED) is 0.817. The molecule has 1 saturated heterocycles. The summed E-state index contributed by atoms with van der Waals surface area (Å²) < 4.78 is 11.9. The van der Waals surface area contributed by atoms with Crippen molar-refractivity contribution in [2.45, 2.75) is 57.8 Å². The summed E-state index contributed by atoms with van der Waals surface area (Å²) in [6.45, 7) is 2.86. The second-order valence-corrected chi connectivity index (χ2v) is 5.84. The highest BCUT2D eigenvalue weighted by molar-refractivity contribution is 5.76. The maximum atomic E-state index is 12.3. The summed E-state index contributed by atoms with van der Waals surface area (Å²) >= 11 is 0. The van der Waals surface area contributed by atoms with Gasteiger partial charge in [-0.1, -0.05) is 0 Å². The first-order valence-corrected chi connectivity index (χ1v) is 7.59. The van der Waals surface area contributed by atoms with E-state index < -0.39 is 5.76 Å². The molecule has 0 radical (unpaired) electrons. The van der Waals surface area contributed by atoms with E-state index in [1.165, 1.54) is 6.42 Å². The molecule has 1 aliphatic heterocycles. The molecule has 21 heavy (non-hydrogen) atoms. The number of hydrogen-bond donors (Lipinski definition) is 0. The van der Waals surface area contributed by atoms with Crippen LogP contribution in [0.2, 0.25) is 0 Å². The lowest BCUT2D eigenvalue weighted by Crippen LogP contribution is -2.46. The van der Waals surface area contributed by atoms with Crippen LogP contribution in [0.5, 0.6) is 0 Å². The van der Waals surface area contributed by atoms with E-state index in [0.717, 1.165) is 36.9 Å². The van der Waals surface area contributed by atoms with Crippen LogP contribution in [0.15, 0.2) is 9.21 Å². The van der Waals surface area contributed by atoms with E-state index in [1.807, 2.05) is 0 Å². The molecule has 0 bridgehead atoms. The average Bonchev–Trinajstić information content (AvgIpc) is 2.72. The molecule has 1 aromatic rings. The van der Waals surface area contributed by atoms with Crippen LogP contribution >= 0.6 is 0 Å². The Balaban J connectivity index is 1.56. The molecule has 3 rings (SSSR count). The standard InChI is InChI=1S/C14H21N3O4/c1-10-15-17(14(19)20-10)9-13(18)16-7-3-6-12(8-16)21-11-4-2-5-11/h11-12H,2-9H2,1H3. The summed E-state index contributed by atoms with van der Waals surface area (Å²) in [6, 6.07) is 0. The first kappa shape index (κ1) is 14.3. The maximum Gasteiger partial charge on any atom is 0.437 e. The van der Waals surface area contributed by atoms with Gasteiger partial charge in [0, 0.05) is 20.0 Å². The Morgan fingerprint density at radius 3 is 2.71 bits per heavy atom. The van der Waals surface area contributed by atoms with Gasteiger partial charge in [-0.25, -0.2) is 4.79 Å². The summed E-state index contributed by atoms with van der Waals surface area (Å²) in [5.74, 6) is -0.412. The molecule has 2 heterocycles. The molecule has 7 nitrogen and oxygen atoms in total. The topological polar surface area (TPSA) is 77.6 Å². The number of carbonyl (C=O) groups excluding carboxylic acids is 1. The van der Waals surface area contributed by atoms with Gasteiger partial charge in [-0.2, -0.15) is 4.68 Å². The smallest absolute Gasteiger partial charge is 0.393 e. The van der Waals surface area contributed by atoms with Crippen molar-refractivity contribution in [1.82, 2.24) is 14.7 Å². The van der Waals surface area contributed by atoms with Crippen molar-refractivity contribution in [2.24, 2.45) is 0 Å². The maximum absolute atomic E-state index is 12.3. The first-order chi connectivity index (χ1) is 10.1. The van der Waals surface area contributed by atoms with E-state index in [1.54, 1.807) is 11.8 Å². The molecule has 2 aliphatic rings. The summed E-state index contributed by atoms with van der Waals surface area (Å²) in [5.41, 5.74) is 0. The fourth-order valence-corrected chi connectivity index (χ4v) is 2.79. The zero-order chi connectivity index (χ0) is 14.8. The molecular weight excluding hydrogens is 274 g/mol. The summed E-state index contributed by atoms with van der Waals surface area (Å²) in [7, 11) is 0. The van der Waals surface area contributed by atoms with Gasteiger partial charge in [0.25, 0.3) is 0 Å². The van der Waals surface area contributed by atoms with Crippen LogP contribution in [0.3, 0.4) is 0 Å². The van der Waals surface area contributed by atoms with Crippen LogP contribution in [0.1, 0.15) is 38.0 Å². The molecule has 2 fully saturated rings. The lowest BCUT2D eigenvalue weighted by atomic mass is 9.95. The second kappa shape index (κ2) is 6.01. The van der Waals surface area contributed by atoms with Crippen molar-refractivity contribution in [1.29, 1.82) is 0 Å². The van der Waals surface area contributed by atoms with Crippen molar-refractivity contribution in [3.05, 3.63) is 16.4 Å². The predicted octanol–water partition coefficient (Wildman–Crippen LogP) is 0.705. The van der Waals surface area contributed by atoms with Gasteiger partial charge in [0.2, 0.25) is 11.8 Å². The molecule has 1 aliphatic carbocycles. The van der Waals surface area contributed by atoms with Crippen LogP contribution < -0.4 is 5.76 Å². The number of nitrogens with zero attached hydrogens (tertiary/aromatic N) is 3. The molecular formula is C14H21N3O4. The number of amides is 1. The van der Waals surface area contributed by atoms with Crippen molar-refractivity contribution in [3.63, 3.8) is 0 Å². The number of carbonyl (C=O) groups is 1. The van der Waals surface area contributed by atoms with Gasteiger partial charge in [-0.3, -0.25) is 4.79 Å². The van der Waals surface area contributed by atoms with Gasteiger partial charge in [-0.15, -0.1) is 5.10 Å². The van der Waals surface area contributed by atoms with Gasteiger partial charge in [0.05, 0.1) is 12.2 Å². The molecule has 7 heteroatoms. The molecule has 1 unspecified atom stereocenters. The molecule has 116 valence electrons. The number of ether oxygens (including phenoxy) is 1. The average molecular weight is 295 g/mol. The van der Waals surface area contributed by atoms with Crippen molar-refractivity contribution >= 4 is 5.91 Å². The van der Waals surface area contributed by atoms with Crippen LogP contribution in [0.25, 0.3) is 0 Å². The van der Waals surface area contributed by atoms with Crippen LogP contribution in [-0.4, -0.2) is 45.9 Å². The highest BCUT2D eigenvalue weighted by atomic mass is 16.5. The Bertz CT molecular complexity index is 561. The molecule has 0 N–H and O–H groups in total. The minimum atomic E-state index is -0.583. The number of rotatable bonds is 4. The monoisotopic (exact) mass is 295 g/mol. The SMILES string of the molecule is Cc1nn(CC(=O)N2CCCC(OC3CCC3)C2)c(=O)o1. The number of piperidine rings is 1. The molecule has 1 aromatic heterocycles. The van der Waals surface area contributed by atoms with E-state index in [9.17, 15) is 9.59 Å². The Hall–Kier alpha value is -1.63. The summed E-state index contributed by atoms with van der Waals surface area (Å²) in [5, 5.41) is 3.89. The van der Waals surface area contributed by atoms with Gasteiger partial charge in [0.1, 0.15) is 6.54 Å². The highest BCUT2D eigenvalue weighted by Crippen LogP contribution is 2.26. The fraction of sp³-hybridized carbons (Fsp3) is 0.786. The van der Waals surface area contributed by atoms with Crippen LogP contribution in [-0.2, 0) is 16.1 Å². The molecule has 1 atom stereocenters. The second-order valence-electron chi connectivity index (χ2n) is 5.84. The largest absolute Gasteiger partial charge is 0.437 e. The first-order valence-electron chi connectivity index (χ1n) is 7.59. The Labute approximate surface area is 122 Å². The van der Waals surface area contributed by atoms with Gasteiger partial charge < -0.3 is 14.1 Å². The summed E-state index contributed by atoms with van der Waals surface area (Å²) in [6.07, 6.45) is 5.97. The summed E-state index contributed by atoms with van der Waals surface area (Å²) in [4.78, 5) is 25.5. The minimum Gasteiger partial charge on any atom is -0.393 e. The Morgan fingerprint density at radius 2 is 2.10 bits per heavy atom. The third-order valence-electron chi connectivity index (χ3n) is 4.16. The fourth-order valence-electron chi connectivity index (χ4n) is 2.79. The van der Waals surface area contributed by atoms with E-state index in [-0.39, 0.29) is 24.4 Å². The lowest BCUT2D eigenvalue weighted by Gasteiger charge is -2.37. The van der Waals surface area contributed by atoms with E-state index >= 15 is 0 Å². The van der Waals surface area contributed by atoms with Gasteiger partial charge in [0.15, 0.2) is 0 Å². The van der Waals surface area contributed by atoms with E-state index in [0.29, 0.717) is 12.6 Å². The molecule has 1 saturated carbocycles. The zero-order valence-electron chi connectivity index (χ0n) is 12.3. The number of aryl methyl sites for hydroxylation is 1.